The molecule has 104 valence electrons. The first kappa shape index (κ1) is 14.0. The minimum atomic E-state index is -1.24. The predicted molar refractivity (Wildman–Crippen MR) is 69.6 cm³/mol. The molecule has 0 aliphatic heterocycles. The van der Waals surface area contributed by atoms with Gasteiger partial charge in [-0.2, -0.15) is 0 Å². The van der Waals surface area contributed by atoms with Crippen molar-refractivity contribution < 1.29 is 19.0 Å². The molecule has 1 aliphatic rings. The van der Waals surface area contributed by atoms with Crippen LogP contribution in [-0.4, -0.2) is 17.2 Å². The zero-order chi connectivity index (χ0) is 13.8. The highest BCUT2D eigenvalue weighted by Crippen LogP contribution is 2.26. The average molecular weight is 266 g/mol. The Morgan fingerprint density at radius 2 is 2.05 bits per heavy atom. The van der Waals surface area contributed by atoms with Crippen molar-refractivity contribution in [2.24, 2.45) is 5.92 Å². The maximum Gasteiger partial charge on any atom is 0.338 e. The summed E-state index contributed by atoms with van der Waals surface area (Å²) in [6.07, 6.45) is 4.46. The molecule has 0 bridgehead atoms. The summed E-state index contributed by atoms with van der Waals surface area (Å²) in [7, 11) is 0. The fourth-order valence-electron chi connectivity index (χ4n) is 2.46. The Balaban J connectivity index is 1.96. The van der Waals surface area contributed by atoms with Gasteiger partial charge in [0.1, 0.15) is 5.82 Å². The van der Waals surface area contributed by atoms with E-state index in [-0.39, 0.29) is 18.3 Å². The van der Waals surface area contributed by atoms with Gasteiger partial charge in [0, 0.05) is 5.56 Å². The second-order valence-corrected chi connectivity index (χ2v) is 5.28. The summed E-state index contributed by atoms with van der Waals surface area (Å²) < 4.78 is 19.6. The molecule has 0 amide bonds. The monoisotopic (exact) mass is 266 g/mol. The number of hydrogen-bond acceptors (Lipinski definition) is 2. The van der Waals surface area contributed by atoms with E-state index in [0.29, 0.717) is 5.56 Å². The van der Waals surface area contributed by atoms with Gasteiger partial charge in [-0.05, 0) is 37.7 Å². The van der Waals surface area contributed by atoms with E-state index in [4.69, 9.17) is 9.84 Å². The lowest BCUT2D eigenvalue weighted by molar-refractivity contribution is 0.00753. The minimum absolute atomic E-state index is 0.145. The van der Waals surface area contributed by atoms with Crippen molar-refractivity contribution in [3.8, 4) is 0 Å². The van der Waals surface area contributed by atoms with E-state index in [1.807, 2.05) is 0 Å². The van der Waals surface area contributed by atoms with E-state index >= 15 is 0 Å². The summed E-state index contributed by atoms with van der Waals surface area (Å²) in [5.74, 6) is -1.18. The highest BCUT2D eigenvalue weighted by atomic mass is 19.1. The Bertz CT molecular complexity index is 451. The second-order valence-electron chi connectivity index (χ2n) is 5.28. The standard InChI is InChI=1S/C15H19FO3/c1-10-5-7-12(8-6-10)19-9-11-3-2-4-13(14(11)16)15(17)18/h2-4,10,12H,5-9H2,1H3,(H,17,18). The lowest BCUT2D eigenvalue weighted by Gasteiger charge is -2.26. The minimum Gasteiger partial charge on any atom is -0.478 e. The van der Waals surface area contributed by atoms with Gasteiger partial charge in [-0.1, -0.05) is 19.1 Å². The van der Waals surface area contributed by atoms with Gasteiger partial charge >= 0.3 is 5.97 Å². The van der Waals surface area contributed by atoms with Crippen LogP contribution in [0.4, 0.5) is 4.39 Å². The molecule has 0 radical (unpaired) electrons. The molecule has 1 aliphatic carbocycles. The summed E-state index contributed by atoms with van der Waals surface area (Å²) in [6.45, 7) is 2.37. The van der Waals surface area contributed by atoms with Crippen LogP contribution in [0.3, 0.4) is 0 Å². The number of carboxylic acids is 1. The van der Waals surface area contributed by atoms with Gasteiger partial charge in [-0.25, -0.2) is 9.18 Å². The molecule has 3 nitrogen and oxygen atoms in total. The summed E-state index contributed by atoms with van der Waals surface area (Å²) in [5, 5.41) is 8.86. The van der Waals surface area contributed by atoms with Gasteiger partial charge in [0.15, 0.2) is 0 Å². The molecule has 0 aromatic heterocycles. The molecule has 0 atom stereocenters. The molecule has 1 N–H and O–H groups in total. The molecular weight excluding hydrogens is 247 g/mol. The van der Waals surface area contributed by atoms with Crippen LogP contribution in [0.15, 0.2) is 18.2 Å². The topological polar surface area (TPSA) is 46.5 Å². The molecule has 19 heavy (non-hydrogen) atoms. The molecule has 0 unspecified atom stereocenters. The number of aromatic carboxylic acids is 1. The van der Waals surface area contributed by atoms with E-state index in [1.54, 1.807) is 12.1 Å². The van der Waals surface area contributed by atoms with Crippen LogP contribution in [0, 0.1) is 11.7 Å². The SMILES string of the molecule is CC1CCC(OCc2cccc(C(=O)O)c2F)CC1. The lowest BCUT2D eigenvalue weighted by Crippen LogP contribution is -2.20. The molecule has 1 aromatic rings. The predicted octanol–water partition coefficient (Wildman–Crippen LogP) is 3.62. The Hall–Kier alpha value is -1.42. The van der Waals surface area contributed by atoms with Gasteiger partial charge in [0.2, 0.25) is 0 Å². The smallest absolute Gasteiger partial charge is 0.338 e. The van der Waals surface area contributed by atoms with Gasteiger partial charge in [0.25, 0.3) is 0 Å². The van der Waals surface area contributed by atoms with E-state index in [0.717, 1.165) is 31.6 Å². The van der Waals surface area contributed by atoms with Crippen LogP contribution < -0.4 is 0 Å². The van der Waals surface area contributed by atoms with Crippen LogP contribution in [0.5, 0.6) is 0 Å². The molecule has 0 spiro atoms. The van der Waals surface area contributed by atoms with E-state index in [2.05, 4.69) is 6.92 Å². The quantitative estimate of drug-likeness (QED) is 0.905. The number of halogens is 1. The van der Waals surface area contributed by atoms with Crippen molar-refractivity contribution in [1.29, 1.82) is 0 Å². The normalized spacial score (nSPS) is 23.3. The zero-order valence-electron chi connectivity index (χ0n) is 11.1. The van der Waals surface area contributed by atoms with Crippen LogP contribution >= 0.6 is 0 Å². The molecule has 0 saturated heterocycles. The van der Waals surface area contributed by atoms with E-state index < -0.39 is 11.8 Å². The third-order valence-electron chi connectivity index (χ3n) is 3.75. The Morgan fingerprint density at radius 3 is 2.68 bits per heavy atom. The van der Waals surface area contributed by atoms with Gasteiger partial charge in [-0.3, -0.25) is 0 Å². The molecule has 1 fully saturated rings. The second kappa shape index (κ2) is 6.15. The number of rotatable bonds is 4. The van der Waals surface area contributed by atoms with Crippen molar-refractivity contribution in [3.05, 3.63) is 35.1 Å². The summed E-state index contributed by atoms with van der Waals surface area (Å²) in [5.41, 5.74) is 0.0249. The van der Waals surface area contributed by atoms with Crippen LogP contribution in [0.2, 0.25) is 0 Å². The molecule has 4 heteroatoms. The number of carbonyl (C=O) groups is 1. The maximum absolute atomic E-state index is 13.9. The fourth-order valence-corrected chi connectivity index (χ4v) is 2.46. The fraction of sp³-hybridized carbons (Fsp3) is 0.533. The van der Waals surface area contributed by atoms with Gasteiger partial charge < -0.3 is 9.84 Å². The number of carboxylic acid groups (broad SMARTS) is 1. The Kier molecular flexibility index (Phi) is 4.53. The largest absolute Gasteiger partial charge is 0.478 e. The van der Waals surface area contributed by atoms with E-state index in [1.165, 1.54) is 6.07 Å². The number of hydrogen-bond donors (Lipinski definition) is 1. The van der Waals surface area contributed by atoms with Crippen LogP contribution in [-0.2, 0) is 11.3 Å². The van der Waals surface area contributed by atoms with E-state index in [9.17, 15) is 9.18 Å². The third-order valence-corrected chi connectivity index (χ3v) is 3.75. The Morgan fingerprint density at radius 1 is 1.37 bits per heavy atom. The zero-order valence-corrected chi connectivity index (χ0v) is 11.1. The van der Waals surface area contributed by atoms with Crippen molar-refractivity contribution >= 4 is 5.97 Å². The maximum atomic E-state index is 13.9. The lowest BCUT2D eigenvalue weighted by atomic mass is 9.89. The highest BCUT2D eigenvalue weighted by Gasteiger charge is 2.20. The van der Waals surface area contributed by atoms with Crippen molar-refractivity contribution in [1.82, 2.24) is 0 Å². The van der Waals surface area contributed by atoms with Crippen molar-refractivity contribution in [2.45, 2.75) is 45.3 Å². The summed E-state index contributed by atoms with van der Waals surface area (Å²) in [4.78, 5) is 10.8. The molecule has 2 rings (SSSR count). The molecule has 1 saturated carbocycles. The first-order valence-corrected chi connectivity index (χ1v) is 6.70. The number of benzene rings is 1. The highest BCUT2D eigenvalue weighted by molar-refractivity contribution is 5.88. The van der Waals surface area contributed by atoms with Gasteiger partial charge in [0.05, 0.1) is 18.3 Å². The van der Waals surface area contributed by atoms with Crippen LogP contribution in [0.25, 0.3) is 0 Å². The summed E-state index contributed by atoms with van der Waals surface area (Å²) >= 11 is 0. The molecule has 0 heterocycles. The first-order chi connectivity index (χ1) is 9.08. The summed E-state index contributed by atoms with van der Waals surface area (Å²) in [6, 6.07) is 4.39. The van der Waals surface area contributed by atoms with Crippen LogP contribution in [0.1, 0.15) is 48.5 Å². The third kappa shape index (κ3) is 3.53. The van der Waals surface area contributed by atoms with Crippen molar-refractivity contribution in [3.63, 3.8) is 0 Å². The first-order valence-electron chi connectivity index (χ1n) is 6.70. The van der Waals surface area contributed by atoms with Gasteiger partial charge in [-0.15, -0.1) is 0 Å². The molecular formula is C15H19FO3. The van der Waals surface area contributed by atoms with Crippen molar-refractivity contribution in [2.75, 3.05) is 0 Å². The number of ether oxygens (including phenoxy) is 1. The Labute approximate surface area is 112 Å². The average Bonchev–Trinajstić information content (AvgIpc) is 2.39. The molecule has 1 aromatic carbocycles.